The van der Waals surface area contributed by atoms with E-state index in [1.807, 2.05) is 87.5 Å². The Morgan fingerprint density at radius 2 is 1.67 bits per heavy atom. The summed E-state index contributed by atoms with van der Waals surface area (Å²) in [5.74, 6) is -0.861. The number of hydrogen-bond acceptors (Lipinski definition) is 7. The van der Waals surface area contributed by atoms with Gasteiger partial charge in [0.2, 0.25) is 17.7 Å². The number of rotatable bonds is 11. The highest BCUT2D eigenvalue weighted by Gasteiger charge is 2.60. The lowest BCUT2D eigenvalue weighted by molar-refractivity contribution is -0.173. The molecule has 2 aliphatic rings. The van der Waals surface area contributed by atoms with Crippen LogP contribution in [-0.2, 0) is 36.8 Å². The molecule has 2 fully saturated rings. The number of methoxy groups -OCH3 is 1. The maximum absolute atomic E-state index is 14.5. The minimum atomic E-state index is -1.55. The van der Waals surface area contributed by atoms with Crippen LogP contribution in [0.4, 0.5) is 0 Å². The zero-order valence-corrected chi connectivity index (χ0v) is 27.5. The molecule has 0 spiro atoms. The van der Waals surface area contributed by atoms with Crippen molar-refractivity contribution in [1.82, 2.24) is 25.3 Å². The maximum atomic E-state index is 14.5. The van der Waals surface area contributed by atoms with Crippen LogP contribution in [0.15, 0.2) is 72.8 Å². The number of hydrogen-bond donors (Lipinski definition) is 2. The van der Waals surface area contributed by atoms with E-state index in [1.165, 1.54) is 0 Å². The molecular weight excluding hydrogens is 582 g/mol. The molecule has 1 unspecified atom stereocenters. The third kappa shape index (κ3) is 6.17. The minimum absolute atomic E-state index is 0.104. The first-order valence-electron chi connectivity index (χ1n) is 15.8. The van der Waals surface area contributed by atoms with Gasteiger partial charge in [0.15, 0.2) is 11.9 Å². The van der Waals surface area contributed by atoms with Crippen LogP contribution in [0, 0.1) is 5.41 Å². The van der Waals surface area contributed by atoms with Gasteiger partial charge in [-0.1, -0.05) is 93.6 Å². The van der Waals surface area contributed by atoms with E-state index in [9.17, 15) is 19.2 Å². The number of nitrogens with zero attached hydrogens (tertiary/aromatic N) is 3. The fourth-order valence-electron chi connectivity index (χ4n) is 6.72. The molecule has 10 heteroatoms. The molecule has 5 rings (SSSR count). The van der Waals surface area contributed by atoms with Crippen LogP contribution in [0.1, 0.15) is 38.8 Å². The van der Waals surface area contributed by atoms with Crippen molar-refractivity contribution < 1.29 is 23.9 Å². The van der Waals surface area contributed by atoms with E-state index in [2.05, 4.69) is 16.7 Å². The molecule has 2 saturated heterocycles. The van der Waals surface area contributed by atoms with Gasteiger partial charge in [0.25, 0.3) is 0 Å². The van der Waals surface area contributed by atoms with Crippen molar-refractivity contribution in [2.24, 2.45) is 5.41 Å². The van der Waals surface area contributed by atoms with Gasteiger partial charge in [-0.05, 0) is 35.9 Å². The number of ether oxygens (including phenoxy) is 1. The molecule has 0 saturated carbocycles. The summed E-state index contributed by atoms with van der Waals surface area (Å²) in [4.78, 5) is 60.2. The third-order valence-corrected chi connectivity index (χ3v) is 9.56. The quantitative estimate of drug-likeness (QED) is 0.315. The van der Waals surface area contributed by atoms with Gasteiger partial charge in [0.05, 0.1) is 19.1 Å². The number of carbonyl (C=O) groups excluding carboxylic acids is 4. The number of piperazine rings is 1. The Morgan fingerprint density at radius 1 is 1.00 bits per heavy atom. The first-order chi connectivity index (χ1) is 21.9. The summed E-state index contributed by atoms with van der Waals surface area (Å²) in [5, 5.41) is 8.06. The van der Waals surface area contributed by atoms with Crippen LogP contribution >= 0.6 is 0 Å². The van der Waals surface area contributed by atoms with Crippen molar-refractivity contribution in [2.45, 2.75) is 70.7 Å². The Labute approximate surface area is 271 Å². The molecule has 10 nitrogen and oxygen atoms in total. The Kier molecular flexibility index (Phi) is 9.62. The summed E-state index contributed by atoms with van der Waals surface area (Å²) in [5.41, 5.74) is -0.458. The van der Waals surface area contributed by atoms with Crippen LogP contribution in [0.25, 0.3) is 10.8 Å². The van der Waals surface area contributed by atoms with E-state index in [1.54, 1.807) is 35.8 Å². The smallest absolute Gasteiger partial charge is 0.247 e. The average molecular weight is 628 g/mol. The lowest BCUT2D eigenvalue weighted by Crippen LogP contribution is -2.74. The predicted molar refractivity (Wildman–Crippen MR) is 176 cm³/mol. The number of fused-ring (bicyclic) bond motifs is 2. The van der Waals surface area contributed by atoms with Crippen molar-refractivity contribution in [3.05, 3.63) is 83.9 Å². The van der Waals surface area contributed by atoms with Gasteiger partial charge in [-0.3, -0.25) is 19.2 Å². The molecule has 0 aromatic heterocycles. The van der Waals surface area contributed by atoms with Crippen LogP contribution in [0.2, 0.25) is 0 Å². The van der Waals surface area contributed by atoms with E-state index >= 15 is 0 Å². The summed E-state index contributed by atoms with van der Waals surface area (Å²) >= 11 is 0. The molecule has 2 aliphatic heterocycles. The molecule has 0 bridgehead atoms. The Morgan fingerprint density at radius 3 is 2.30 bits per heavy atom. The van der Waals surface area contributed by atoms with Gasteiger partial charge < -0.3 is 25.2 Å². The number of nitrogens with one attached hydrogen (secondary N) is 2. The Bertz CT molecular complexity index is 1590. The summed E-state index contributed by atoms with van der Waals surface area (Å²) in [6.45, 7) is 7.27. The molecular formula is C36H45N5O5. The van der Waals surface area contributed by atoms with E-state index in [4.69, 9.17) is 4.74 Å². The van der Waals surface area contributed by atoms with E-state index in [-0.39, 0.29) is 37.2 Å². The lowest BCUT2D eigenvalue weighted by atomic mass is 9.79. The Hall–Kier alpha value is -4.12. The first-order valence-corrected chi connectivity index (χ1v) is 15.8. The monoisotopic (exact) mass is 627 g/mol. The van der Waals surface area contributed by atoms with E-state index in [0.29, 0.717) is 6.42 Å². The fourth-order valence-corrected chi connectivity index (χ4v) is 6.72. The number of benzene rings is 3. The van der Waals surface area contributed by atoms with Crippen molar-refractivity contribution in [2.75, 3.05) is 27.2 Å². The van der Waals surface area contributed by atoms with Gasteiger partial charge >= 0.3 is 0 Å². The molecule has 5 atom stereocenters. The second-order valence-electron chi connectivity index (χ2n) is 13.3. The van der Waals surface area contributed by atoms with Gasteiger partial charge in [0, 0.05) is 25.4 Å². The van der Waals surface area contributed by atoms with Crippen molar-refractivity contribution in [1.29, 1.82) is 0 Å². The predicted octanol–water partition coefficient (Wildman–Crippen LogP) is 2.94. The second kappa shape index (κ2) is 13.3. The summed E-state index contributed by atoms with van der Waals surface area (Å²) in [7, 11) is 3.25. The van der Waals surface area contributed by atoms with Crippen LogP contribution < -0.4 is 10.6 Å². The van der Waals surface area contributed by atoms with Gasteiger partial charge in [0.1, 0.15) is 18.4 Å². The lowest BCUT2D eigenvalue weighted by Gasteiger charge is -2.53. The van der Waals surface area contributed by atoms with E-state index < -0.39 is 35.6 Å². The molecule has 3 aromatic carbocycles. The van der Waals surface area contributed by atoms with Crippen molar-refractivity contribution >= 4 is 34.8 Å². The number of carbonyl (C=O) groups is 4. The summed E-state index contributed by atoms with van der Waals surface area (Å²) < 4.78 is 5.96. The second-order valence-corrected chi connectivity index (χ2v) is 13.3. The van der Waals surface area contributed by atoms with Crippen molar-refractivity contribution in [3.8, 4) is 0 Å². The first kappa shape index (κ1) is 33.2. The van der Waals surface area contributed by atoms with Gasteiger partial charge in [-0.25, -0.2) is 4.90 Å². The standard InChI is InChI=1S/C36H45N5O5/c1-24(37-5)33(44)38-36(23-42,35(2,3)4)40-22-31(43)41-29(19-26-16-17-27-14-10-11-15-28(27)18-26)34(45)39(21-30(40)41)32(46-6)20-25-12-8-7-9-13-25/h7-18,23-24,29-30,32,37H,19-22H2,1-6H3,(H,38,44)/t24-,29-,30+,32?,36-/m0/s1. The van der Waals surface area contributed by atoms with E-state index in [0.717, 1.165) is 28.2 Å². The molecule has 244 valence electrons. The topological polar surface area (TPSA) is 111 Å². The molecule has 3 aromatic rings. The highest BCUT2D eigenvalue weighted by molar-refractivity contribution is 5.93. The Balaban J connectivity index is 1.59. The van der Waals surface area contributed by atoms with Gasteiger partial charge in [-0.2, -0.15) is 0 Å². The highest BCUT2D eigenvalue weighted by atomic mass is 16.5. The van der Waals surface area contributed by atoms with Crippen molar-refractivity contribution in [3.63, 3.8) is 0 Å². The van der Waals surface area contributed by atoms with Crippen LogP contribution in [0.3, 0.4) is 0 Å². The van der Waals surface area contributed by atoms with Crippen LogP contribution in [-0.4, -0.2) is 96.1 Å². The number of amides is 3. The summed E-state index contributed by atoms with van der Waals surface area (Å²) in [6, 6.07) is 22.4. The zero-order valence-electron chi connectivity index (χ0n) is 27.5. The zero-order chi connectivity index (χ0) is 33.2. The molecule has 2 heterocycles. The highest BCUT2D eigenvalue weighted by Crippen LogP contribution is 2.40. The fraction of sp³-hybridized carbons (Fsp3) is 0.444. The molecule has 0 aliphatic carbocycles. The minimum Gasteiger partial charge on any atom is -0.361 e. The molecule has 46 heavy (non-hydrogen) atoms. The number of likely N-dealkylation sites (N-methyl/N-ethyl adjacent to an activating group) is 1. The average Bonchev–Trinajstić information content (AvgIpc) is 3.38. The van der Waals surface area contributed by atoms with Gasteiger partial charge in [-0.15, -0.1) is 0 Å². The molecule has 2 N–H and O–H groups in total. The summed E-state index contributed by atoms with van der Waals surface area (Å²) in [6.07, 6.45) is 0.152. The third-order valence-electron chi connectivity index (χ3n) is 9.56. The normalized spacial score (nSPS) is 21.5. The largest absolute Gasteiger partial charge is 0.361 e. The molecule has 3 amide bonds. The maximum Gasteiger partial charge on any atom is 0.247 e. The van der Waals surface area contributed by atoms with Crippen LogP contribution in [0.5, 0.6) is 0 Å². The SMILES string of the molecule is CN[C@@H](C)C(=O)N[C@@](C=O)(N1CC(=O)N2[C@@H](Cc3ccc4ccccc4c3)C(=O)N(C(Cc3ccccc3)OC)C[C@@H]21)C(C)(C)C. The molecule has 0 radical (unpaired) electrons. The number of aldehydes is 1.